The highest BCUT2D eigenvalue weighted by atomic mass is 79.9. The Labute approximate surface area is 146 Å². The van der Waals surface area contributed by atoms with Gasteiger partial charge in [-0.15, -0.1) is 0 Å². The highest BCUT2D eigenvalue weighted by Gasteiger charge is 2.45. The zero-order valence-corrected chi connectivity index (χ0v) is 15.7. The van der Waals surface area contributed by atoms with Crippen LogP contribution in [0.5, 0.6) is 0 Å². The zero-order chi connectivity index (χ0) is 17.3. The number of amides is 1. The Morgan fingerprint density at radius 2 is 1.96 bits per heavy atom. The zero-order valence-electron chi connectivity index (χ0n) is 14.1. The summed E-state index contributed by atoms with van der Waals surface area (Å²) >= 11 is 3.40. The Bertz CT molecular complexity index is 635. The number of carbonyl (C=O) groups is 1. The van der Waals surface area contributed by atoms with Crippen molar-refractivity contribution in [3.63, 3.8) is 0 Å². The predicted molar refractivity (Wildman–Crippen MR) is 92.9 cm³/mol. The number of carbonyl (C=O) groups excluding carboxylic acids is 1. The molecular weight excluding hydrogens is 358 g/mol. The molecule has 1 saturated heterocycles. The maximum atomic E-state index is 12.5. The van der Waals surface area contributed by atoms with E-state index in [1.165, 1.54) is 0 Å². The number of nitrogens with zero attached hydrogens (tertiary/aromatic N) is 1. The Kier molecular flexibility index (Phi) is 5.07. The molecule has 1 amide bonds. The molecule has 0 unspecified atom stereocenters. The van der Waals surface area contributed by atoms with Gasteiger partial charge in [-0.2, -0.15) is 0 Å². The van der Waals surface area contributed by atoms with E-state index in [1.54, 1.807) is 4.90 Å². The first-order chi connectivity index (χ1) is 10.6. The molecule has 1 aliphatic heterocycles. The molecular formula is C18H22BrNO3. The van der Waals surface area contributed by atoms with Crippen molar-refractivity contribution in [3.05, 3.63) is 34.3 Å². The van der Waals surface area contributed by atoms with Crippen molar-refractivity contribution in [2.45, 2.75) is 52.0 Å². The van der Waals surface area contributed by atoms with Crippen LogP contribution in [0, 0.1) is 11.8 Å². The molecule has 124 valence electrons. The molecule has 1 atom stereocenters. The third-order valence-corrected chi connectivity index (χ3v) is 3.83. The lowest BCUT2D eigenvalue weighted by molar-refractivity contribution is -0.0608. The van der Waals surface area contributed by atoms with Gasteiger partial charge in [0.2, 0.25) is 0 Å². The van der Waals surface area contributed by atoms with Crippen molar-refractivity contribution in [3.8, 4) is 11.8 Å². The first kappa shape index (κ1) is 17.8. The van der Waals surface area contributed by atoms with Gasteiger partial charge >= 0.3 is 6.09 Å². The minimum atomic E-state index is -0.735. The normalized spacial score (nSPS) is 19.9. The molecule has 0 spiro atoms. The van der Waals surface area contributed by atoms with Gasteiger partial charge in [-0.25, -0.2) is 4.79 Å². The van der Waals surface area contributed by atoms with Crippen LogP contribution in [0.15, 0.2) is 28.7 Å². The molecule has 1 fully saturated rings. The monoisotopic (exact) mass is 379 g/mol. The standard InChI is InChI=1S/C18H22BrNO3/c1-17(2,3)23-16(21)20-15(12-22-18(20,4)5)11-8-13-6-9-14(19)10-7-13/h6-7,9-10,15H,12H2,1-5H3/t15-/m1/s1. The van der Waals surface area contributed by atoms with Crippen LogP contribution in [-0.4, -0.2) is 35.0 Å². The second kappa shape index (κ2) is 6.54. The van der Waals surface area contributed by atoms with Gasteiger partial charge in [0.05, 0.1) is 6.61 Å². The summed E-state index contributed by atoms with van der Waals surface area (Å²) in [6.07, 6.45) is -0.407. The average molecular weight is 380 g/mol. The van der Waals surface area contributed by atoms with Gasteiger partial charge in [0.1, 0.15) is 17.4 Å². The molecule has 0 N–H and O–H groups in total. The van der Waals surface area contributed by atoms with E-state index in [0.717, 1.165) is 10.0 Å². The molecule has 1 aromatic rings. The van der Waals surface area contributed by atoms with E-state index in [0.29, 0.717) is 6.61 Å². The number of hydrogen-bond donors (Lipinski definition) is 0. The minimum Gasteiger partial charge on any atom is -0.444 e. The quantitative estimate of drug-likeness (QED) is 0.634. The van der Waals surface area contributed by atoms with Crippen LogP contribution in [0.2, 0.25) is 0 Å². The molecule has 23 heavy (non-hydrogen) atoms. The van der Waals surface area contributed by atoms with E-state index in [1.807, 2.05) is 58.9 Å². The number of benzene rings is 1. The lowest BCUT2D eigenvalue weighted by Crippen LogP contribution is -2.49. The maximum absolute atomic E-state index is 12.5. The van der Waals surface area contributed by atoms with Gasteiger partial charge in [-0.05, 0) is 58.9 Å². The van der Waals surface area contributed by atoms with E-state index in [2.05, 4.69) is 27.8 Å². The Balaban J connectivity index is 2.20. The van der Waals surface area contributed by atoms with Gasteiger partial charge in [0.15, 0.2) is 0 Å². The number of hydrogen-bond acceptors (Lipinski definition) is 3. The highest BCUT2D eigenvalue weighted by Crippen LogP contribution is 2.29. The maximum Gasteiger partial charge on any atom is 0.413 e. The largest absolute Gasteiger partial charge is 0.444 e. The molecule has 5 heteroatoms. The van der Waals surface area contributed by atoms with Crippen molar-refractivity contribution in [2.24, 2.45) is 0 Å². The first-order valence-electron chi connectivity index (χ1n) is 7.52. The molecule has 0 bridgehead atoms. The van der Waals surface area contributed by atoms with Crippen LogP contribution in [0.1, 0.15) is 40.2 Å². The summed E-state index contributed by atoms with van der Waals surface area (Å²) in [6.45, 7) is 9.60. The van der Waals surface area contributed by atoms with Crippen LogP contribution >= 0.6 is 15.9 Å². The fraction of sp³-hybridized carbons (Fsp3) is 0.500. The molecule has 0 saturated carbocycles. The molecule has 4 nitrogen and oxygen atoms in total. The molecule has 0 radical (unpaired) electrons. The van der Waals surface area contributed by atoms with Crippen molar-refractivity contribution in [1.82, 2.24) is 4.90 Å². The second-order valence-electron chi connectivity index (χ2n) is 6.90. The highest BCUT2D eigenvalue weighted by molar-refractivity contribution is 9.10. The average Bonchev–Trinajstić information content (AvgIpc) is 2.71. The van der Waals surface area contributed by atoms with Crippen LogP contribution < -0.4 is 0 Å². The van der Waals surface area contributed by atoms with E-state index in [9.17, 15) is 4.79 Å². The molecule has 1 aliphatic rings. The summed E-state index contributed by atoms with van der Waals surface area (Å²) in [5.41, 5.74) is -0.400. The summed E-state index contributed by atoms with van der Waals surface area (Å²) in [5, 5.41) is 0. The summed E-state index contributed by atoms with van der Waals surface area (Å²) in [6, 6.07) is 7.39. The summed E-state index contributed by atoms with van der Waals surface area (Å²) < 4.78 is 12.2. The van der Waals surface area contributed by atoms with E-state index < -0.39 is 17.4 Å². The van der Waals surface area contributed by atoms with Gasteiger partial charge in [0.25, 0.3) is 0 Å². The Morgan fingerprint density at radius 3 is 2.52 bits per heavy atom. The topological polar surface area (TPSA) is 38.8 Å². The van der Waals surface area contributed by atoms with Crippen LogP contribution in [-0.2, 0) is 9.47 Å². The minimum absolute atomic E-state index is 0.330. The molecule has 2 rings (SSSR count). The van der Waals surface area contributed by atoms with E-state index >= 15 is 0 Å². The third-order valence-electron chi connectivity index (χ3n) is 3.30. The summed E-state index contributed by atoms with van der Waals surface area (Å²) in [4.78, 5) is 14.1. The molecule has 1 heterocycles. The Morgan fingerprint density at radius 1 is 1.35 bits per heavy atom. The third kappa shape index (κ3) is 4.73. The van der Waals surface area contributed by atoms with Crippen LogP contribution in [0.4, 0.5) is 4.79 Å². The summed E-state index contributed by atoms with van der Waals surface area (Å²) in [5.74, 6) is 6.22. The van der Waals surface area contributed by atoms with E-state index in [-0.39, 0.29) is 6.04 Å². The van der Waals surface area contributed by atoms with Crippen LogP contribution in [0.25, 0.3) is 0 Å². The van der Waals surface area contributed by atoms with Crippen molar-refractivity contribution < 1.29 is 14.3 Å². The van der Waals surface area contributed by atoms with Crippen molar-refractivity contribution in [2.75, 3.05) is 6.61 Å². The van der Waals surface area contributed by atoms with E-state index in [4.69, 9.17) is 9.47 Å². The Hall–Kier alpha value is -1.51. The van der Waals surface area contributed by atoms with Gasteiger partial charge < -0.3 is 9.47 Å². The lowest BCUT2D eigenvalue weighted by atomic mass is 10.2. The fourth-order valence-corrected chi connectivity index (χ4v) is 2.53. The lowest BCUT2D eigenvalue weighted by Gasteiger charge is -2.33. The van der Waals surface area contributed by atoms with Gasteiger partial charge in [-0.1, -0.05) is 27.8 Å². The molecule has 0 aromatic heterocycles. The number of ether oxygens (including phenoxy) is 2. The van der Waals surface area contributed by atoms with Crippen molar-refractivity contribution in [1.29, 1.82) is 0 Å². The molecule has 0 aliphatic carbocycles. The van der Waals surface area contributed by atoms with Crippen molar-refractivity contribution >= 4 is 22.0 Å². The fourth-order valence-electron chi connectivity index (χ4n) is 2.27. The van der Waals surface area contributed by atoms with Gasteiger partial charge in [-0.3, -0.25) is 4.90 Å². The summed E-state index contributed by atoms with van der Waals surface area (Å²) in [7, 11) is 0. The number of halogens is 1. The second-order valence-corrected chi connectivity index (χ2v) is 7.82. The van der Waals surface area contributed by atoms with Crippen LogP contribution in [0.3, 0.4) is 0 Å². The first-order valence-corrected chi connectivity index (χ1v) is 8.31. The predicted octanol–water partition coefficient (Wildman–Crippen LogP) is 4.17. The molecule has 1 aromatic carbocycles. The SMILES string of the molecule is CC(C)(C)OC(=O)N1[C@H](C#Cc2ccc(Br)cc2)COC1(C)C. The number of rotatable bonds is 0. The smallest absolute Gasteiger partial charge is 0.413 e. The van der Waals surface area contributed by atoms with Gasteiger partial charge in [0, 0.05) is 10.0 Å².